The summed E-state index contributed by atoms with van der Waals surface area (Å²) in [6.07, 6.45) is 0. The van der Waals surface area contributed by atoms with E-state index in [4.69, 9.17) is 14.0 Å². The van der Waals surface area contributed by atoms with Crippen molar-refractivity contribution in [2.75, 3.05) is 6.79 Å². The van der Waals surface area contributed by atoms with Gasteiger partial charge in [-0.3, -0.25) is 0 Å². The minimum atomic E-state index is -1.86. The number of hydrogen-bond donors (Lipinski definition) is 1. The smallest absolute Gasteiger partial charge is 0.231 e. The molecule has 0 bridgehead atoms. The third-order valence-electron chi connectivity index (χ3n) is 2.50. The zero-order valence-electron chi connectivity index (χ0n) is 8.52. The third-order valence-corrected chi connectivity index (χ3v) is 3.36. The molecule has 2 rings (SSSR count). The maximum Gasteiger partial charge on any atom is 0.231 e. The molecular formula is C10H12O4S. The van der Waals surface area contributed by atoms with Gasteiger partial charge in [-0.15, -0.1) is 0 Å². The maximum absolute atomic E-state index is 11.0. The highest BCUT2D eigenvalue weighted by Gasteiger charge is 2.20. The van der Waals surface area contributed by atoms with Crippen LogP contribution < -0.4 is 9.47 Å². The van der Waals surface area contributed by atoms with Crippen molar-refractivity contribution in [1.82, 2.24) is 0 Å². The Kier molecular flexibility index (Phi) is 2.67. The summed E-state index contributed by atoms with van der Waals surface area (Å²) >= 11 is -1.86. The van der Waals surface area contributed by atoms with E-state index in [0.717, 1.165) is 11.1 Å². The van der Waals surface area contributed by atoms with Gasteiger partial charge in [-0.05, 0) is 37.1 Å². The lowest BCUT2D eigenvalue weighted by Gasteiger charge is -2.11. The zero-order chi connectivity index (χ0) is 11.0. The number of hydrogen-bond acceptors (Lipinski definition) is 3. The predicted molar refractivity (Wildman–Crippen MR) is 56.5 cm³/mol. The highest BCUT2D eigenvalue weighted by Crippen LogP contribution is 2.37. The molecule has 1 aliphatic heterocycles. The van der Waals surface area contributed by atoms with E-state index in [1.54, 1.807) is 13.0 Å². The minimum absolute atomic E-state index is 0.217. The fourth-order valence-corrected chi connectivity index (χ4v) is 2.08. The summed E-state index contributed by atoms with van der Waals surface area (Å²) in [5, 5.41) is -0.417. The summed E-state index contributed by atoms with van der Waals surface area (Å²) < 4.78 is 30.5. The molecule has 4 nitrogen and oxygen atoms in total. The van der Waals surface area contributed by atoms with Crippen molar-refractivity contribution in [1.29, 1.82) is 0 Å². The number of aryl methyl sites for hydroxylation is 1. The van der Waals surface area contributed by atoms with Crippen LogP contribution in [0.25, 0.3) is 0 Å². The Hall–Kier alpha value is -1.07. The predicted octanol–water partition coefficient (Wildman–Crippen LogP) is 2.01. The quantitative estimate of drug-likeness (QED) is 0.787. The van der Waals surface area contributed by atoms with Crippen LogP contribution in [0.3, 0.4) is 0 Å². The summed E-state index contributed by atoms with van der Waals surface area (Å²) in [6, 6.07) is 3.61. The fourth-order valence-electron chi connectivity index (χ4n) is 1.61. The van der Waals surface area contributed by atoms with Gasteiger partial charge in [0.1, 0.15) is 0 Å². The largest absolute Gasteiger partial charge is 0.454 e. The van der Waals surface area contributed by atoms with Crippen LogP contribution in [-0.4, -0.2) is 15.6 Å². The van der Waals surface area contributed by atoms with E-state index in [1.165, 1.54) is 0 Å². The van der Waals surface area contributed by atoms with E-state index in [1.807, 2.05) is 13.0 Å². The van der Waals surface area contributed by atoms with Gasteiger partial charge in [0.05, 0.1) is 5.25 Å². The van der Waals surface area contributed by atoms with E-state index in [9.17, 15) is 4.21 Å². The van der Waals surface area contributed by atoms with Crippen LogP contribution in [-0.2, 0) is 11.1 Å². The van der Waals surface area contributed by atoms with Gasteiger partial charge in [0.25, 0.3) is 0 Å². The molecule has 15 heavy (non-hydrogen) atoms. The molecule has 0 spiro atoms. The molecule has 82 valence electrons. The molecule has 0 saturated heterocycles. The van der Waals surface area contributed by atoms with E-state index >= 15 is 0 Å². The molecule has 0 aliphatic carbocycles. The van der Waals surface area contributed by atoms with Crippen molar-refractivity contribution in [3.8, 4) is 11.5 Å². The fraction of sp³-hybridized carbons (Fsp3) is 0.400. The van der Waals surface area contributed by atoms with Gasteiger partial charge in [0.15, 0.2) is 22.6 Å². The normalized spacial score (nSPS) is 17.5. The van der Waals surface area contributed by atoms with E-state index in [-0.39, 0.29) is 6.79 Å². The lowest BCUT2D eigenvalue weighted by Crippen LogP contribution is -2.03. The van der Waals surface area contributed by atoms with Gasteiger partial charge in [0, 0.05) is 0 Å². The Morgan fingerprint density at radius 3 is 2.60 bits per heavy atom. The molecule has 1 aliphatic rings. The second-order valence-electron chi connectivity index (χ2n) is 3.48. The molecule has 0 amide bonds. The van der Waals surface area contributed by atoms with Crippen LogP contribution in [0.4, 0.5) is 0 Å². The summed E-state index contributed by atoms with van der Waals surface area (Å²) in [5.74, 6) is 1.35. The molecule has 0 aromatic heterocycles. The van der Waals surface area contributed by atoms with Gasteiger partial charge in [0.2, 0.25) is 6.79 Å². The molecule has 2 atom stereocenters. The third kappa shape index (κ3) is 1.85. The van der Waals surface area contributed by atoms with Crippen LogP contribution in [0.1, 0.15) is 23.3 Å². The molecule has 1 aromatic rings. The molecule has 0 saturated carbocycles. The van der Waals surface area contributed by atoms with E-state index in [0.29, 0.717) is 11.5 Å². The second kappa shape index (κ2) is 3.83. The van der Waals surface area contributed by atoms with Crippen molar-refractivity contribution in [3.63, 3.8) is 0 Å². The summed E-state index contributed by atoms with van der Waals surface area (Å²) in [6.45, 7) is 3.82. The van der Waals surface area contributed by atoms with E-state index in [2.05, 4.69) is 0 Å². The first kappa shape index (κ1) is 10.4. The number of ether oxygens (including phenoxy) is 2. The Labute approximate surface area is 90.5 Å². The Morgan fingerprint density at radius 2 is 2.00 bits per heavy atom. The van der Waals surface area contributed by atoms with Crippen molar-refractivity contribution in [2.45, 2.75) is 19.1 Å². The monoisotopic (exact) mass is 228 g/mol. The number of rotatable bonds is 2. The van der Waals surface area contributed by atoms with Gasteiger partial charge in [-0.25, -0.2) is 4.21 Å². The Bertz CT molecular complexity index is 416. The van der Waals surface area contributed by atoms with Gasteiger partial charge in [-0.2, -0.15) is 0 Å². The summed E-state index contributed by atoms with van der Waals surface area (Å²) in [4.78, 5) is 0. The second-order valence-corrected chi connectivity index (χ2v) is 4.74. The van der Waals surface area contributed by atoms with Crippen molar-refractivity contribution < 1.29 is 18.2 Å². The number of fused-ring (bicyclic) bond motifs is 1. The lowest BCUT2D eigenvalue weighted by molar-refractivity contribution is 0.174. The van der Waals surface area contributed by atoms with Crippen LogP contribution in [0.5, 0.6) is 11.5 Å². The van der Waals surface area contributed by atoms with Crippen LogP contribution in [0.15, 0.2) is 12.1 Å². The van der Waals surface area contributed by atoms with Crippen molar-refractivity contribution >= 4 is 11.1 Å². The van der Waals surface area contributed by atoms with Crippen molar-refractivity contribution in [3.05, 3.63) is 23.3 Å². The molecule has 1 heterocycles. The first-order valence-corrected chi connectivity index (χ1v) is 5.76. The standard InChI is InChI=1S/C10H12O4S/c1-6-3-9-10(14-5-13-9)4-8(6)7(2)15(11)12/h3-4,7H,5H2,1-2H3,(H,11,12). The van der Waals surface area contributed by atoms with Crippen molar-refractivity contribution in [2.24, 2.45) is 0 Å². The maximum atomic E-state index is 11.0. The molecular weight excluding hydrogens is 216 g/mol. The Morgan fingerprint density at radius 1 is 1.40 bits per heavy atom. The van der Waals surface area contributed by atoms with Crippen LogP contribution >= 0.6 is 0 Å². The molecule has 1 N–H and O–H groups in total. The van der Waals surface area contributed by atoms with Gasteiger partial charge in [-0.1, -0.05) is 0 Å². The highest BCUT2D eigenvalue weighted by molar-refractivity contribution is 7.79. The van der Waals surface area contributed by atoms with Gasteiger partial charge >= 0.3 is 0 Å². The van der Waals surface area contributed by atoms with E-state index < -0.39 is 16.3 Å². The molecule has 1 aromatic carbocycles. The zero-order valence-corrected chi connectivity index (χ0v) is 9.34. The topological polar surface area (TPSA) is 55.8 Å². The summed E-state index contributed by atoms with van der Waals surface area (Å²) in [5.41, 5.74) is 1.76. The average Bonchev–Trinajstić information content (AvgIpc) is 2.62. The average molecular weight is 228 g/mol. The number of benzene rings is 1. The SMILES string of the molecule is Cc1cc2c(cc1C(C)S(=O)O)OCO2. The molecule has 2 unspecified atom stereocenters. The molecule has 0 fully saturated rings. The first-order valence-electron chi connectivity index (χ1n) is 4.59. The van der Waals surface area contributed by atoms with Gasteiger partial charge < -0.3 is 14.0 Å². The molecule has 0 radical (unpaired) electrons. The van der Waals surface area contributed by atoms with Crippen LogP contribution in [0, 0.1) is 6.92 Å². The first-order chi connectivity index (χ1) is 7.09. The minimum Gasteiger partial charge on any atom is -0.454 e. The highest BCUT2D eigenvalue weighted by atomic mass is 32.2. The Balaban J connectivity index is 2.44. The summed E-state index contributed by atoms with van der Waals surface area (Å²) in [7, 11) is 0. The molecule has 5 heteroatoms. The lowest BCUT2D eigenvalue weighted by atomic mass is 10.1. The van der Waals surface area contributed by atoms with Crippen LogP contribution in [0.2, 0.25) is 0 Å².